The predicted octanol–water partition coefficient (Wildman–Crippen LogP) is 3.70. The van der Waals surface area contributed by atoms with Crippen molar-refractivity contribution in [3.8, 4) is 0 Å². The fourth-order valence-electron chi connectivity index (χ4n) is 2.66. The number of hydrogen-bond donors (Lipinski definition) is 0. The van der Waals surface area contributed by atoms with E-state index in [2.05, 4.69) is 6.08 Å². The summed E-state index contributed by atoms with van der Waals surface area (Å²) in [5.41, 5.74) is 4.75. The van der Waals surface area contributed by atoms with Gasteiger partial charge in [-0.2, -0.15) is 0 Å². The van der Waals surface area contributed by atoms with Gasteiger partial charge in [0.05, 0.1) is 0 Å². The van der Waals surface area contributed by atoms with Crippen molar-refractivity contribution in [2.24, 2.45) is 0 Å². The Morgan fingerprint density at radius 3 is 1.90 bits per heavy atom. The third-order valence-corrected chi connectivity index (χ3v) is 3.59. The number of methoxy groups -OCH3 is 1. The Balaban J connectivity index is 2.17. The Bertz CT molecular complexity index is 632. The lowest BCUT2D eigenvalue weighted by atomic mass is 9.81. The molecule has 2 nitrogen and oxygen atoms in total. The monoisotopic (exact) mass is 264 g/mol. The molecule has 0 fully saturated rings. The van der Waals surface area contributed by atoms with Crippen LogP contribution in [0.1, 0.15) is 33.5 Å². The van der Waals surface area contributed by atoms with Crippen LogP contribution in [-0.4, -0.2) is 19.5 Å². The van der Waals surface area contributed by atoms with Crippen molar-refractivity contribution in [3.63, 3.8) is 0 Å². The van der Waals surface area contributed by atoms with E-state index in [9.17, 15) is 4.79 Å². The Labute approximate surface area is 118 Å². The number of carbonyl (C=O) groups excluding carboxylic acids is 1. The van der Waals surface area contributed by atoms with Gasteiger partial charge in [0.1, 0.15) is 0 Å². The average Bonchev–Trinajstić information content (AvgIpc) is 2.51. The van der Waals surface area contributed by atoms with Crippen LogP contribution in [0.25, 0.3) is 5.57 Å². The minimum Gasteiger partial charge on any atom is -0.384 e. The molecule has 100 valence electrons. The van der Waals surface area contributed by atoms with Crippen molar-refractivity contribution in [2.75, 3.05) is 13.7 Å². The smallest absolute Gasteiger partial charge is 0.194 e. The molecular formula is C18H16O2. The molecule has 0 saturated carbocycles. The van der Waals surface area contributed by atoms with Crippen LogP contribution in [0.3, 0.4) is 0 Å². The van der Waals surface area contributed by atoms with E-state index < -0.39 is 0 Å². The highest BCUT2D eigenvalue weighted by Gasteiger charge is 2.25. The lowest BCUT2D eigenvalue weighted by Gasteiger charge is -2.21. The van der Waals surface area contributed by atoms with E-state index in [0.717, 1.165) is 34.2 Å². The van der Waals surface area contributed by atoms with Gasteiger partial charge in [0, 0.05) is 24.8 Å². The standard InChI is InChI=1S/C18H16O2/c1-20-12-6-11-13-14-7-2-4-9-16(14)18(19)17-10-5-3-8-15(13)17/h2-5,7-11H,6,12H2,1H3. The number of ketones is 1. The van der Waals surface area contributed by atoms with Gasteiger partial charge >= 0.3 is 0 Å². The Kier molecular flexibility index (Phi) is 3.48. The van der Waals surface area contributed by atoms with Gasteiger partial charge in [-0.15, -0.1) is 0 Å². The summed E-state index contributed by atoms with van der Waals surface area (Å²) in [5.74, 6) is 0.111. The molecule has 0 radical (unpaired) electrons. The van der Waals surface area contributed by atoms with E-state index >= 15 is 0 Å². The average molecular weight is 264 g/mol. The van der Waals surface area contributed by atoms with Crippen LogP contribution in [-0.2, 0) is 4.74 Å². The molecule has 0 N–H and O–H groups in total. The number of benzene rings is 2. The number of ether oxygens (including phenoxy) is 1. The zero-order valence-corrected chi connectivity index (χ0v) is 11.4. The van der Waals surface area contributed by atoms with Crippen LogP contribution >= 0.6 is 0 Å². The van der Waals surface area contributed by atoms with E-state index in [4.69, 9.17) is 4.74 Å². The Morgan fingerprint density at radius 1 is 0.900 bits per heavy atom. The normalized spacial score (nSPS) is 12.8. The van der Waals surface area contributed by atoms with E-state index in [-0.39, 0.29) is 5.78 Å². The number of rotatable bonds is 3. The predicted molar refractivity (Wildman–Crippen MR) is 79.9 cm³/mol. The molecule has 2 aromatic carbocycles. The van der Waals surface area contributed by atoms with E-state index in [1.54, 1.807) is 7.11 Å². The molecule has 3 rings (SSSR count). The summed E-state index contributed by atoms with van der Waals surface area (Å²) in [5, 5.41) is 0. The van der Waals surface area contributed by atoms with Gasteiger partial charge in [-0.1, -0.05) is 54.6 Å². The molecule has 0 heterocycles. The maximum atomic E-state index is 12.5. The molecule has 0 unspecified atom stereocenters. The molecule has 0 aliphatic heterocycles. The molecule has 1 aliphatic rings. The molecule has 2 aromatic rings. The quantitative estimate of drug-likeness (QED) is 0.674. The van der Waals surface area contributed by atoms with Gasteiger partial charge in [-0.3, -0.25) is 4.79 Å². The summed E-state index contributed by atoms with van der Waals surface area (Å²) in [6.07, 6.45) is 3.00. The lowest BCUT2D eigenvalue weighted by molar-refractivity contribution is 0.103. The molecule has 0 amide bonds. The highest BCUT2D eigenvalue weighted by atomic mass is 16.5. The van der Waals surface area contributed by atoms with Crippen LogP contribution in [0.5, 0.6) is 0 Å². The first kappa shape index (κ1) is 12.8. The van der Waals surface area contributed by atoms with Crippen molar-refractivity contribution in [3.05, 3.63) is 76.9 Å². The molecule has 1 aliphatic carbocycles. The molecule has 0 bridgehead atoms. The maximum absolute atomic E-state index is 12.5. The van der Waals surface area contributed by atoms with Crippen molar-refractivity contribution < 1.29 is 9.53 Å². The summed E-state index contributed by atoms with van der Waals surface area (Å²) in [6, 6.07) is 15.6. The summed E-state index contributed by atoms with van der Waals surface area (Å²) >= 11 is 0. The highest BCUT2D eigenvalue weighted by Crippen LogP contribution is 2.35. The van der Waals surface area contributed by atoms with Crippen LogP contribution in [0.15, 0.2) is 54.6 Å². The molecule has 20 heavy (non-hydrogen) atoms. The fraction of sp³-hybridized carbons (Fsp3) is 0.167. The van der Waals surface area contributed by atoms with Crippen molar-refractivity contribution >= 4 is 11.4 Å². The summed E-state index contributed by atoms with van der Waals surface area (Å²) < 4.78 is 5.12. The SMILES string of the molecule is COCCC=C1c2ccccc2C(=O)c2ccccc21. The van der Waals surface area contributed by atoms with Crippen LogP contribution < -0.4 is 0 Å². The topological polar surface area (TPSA) is 26.3 Å². The third kappa shape index (κ3) is 2.08. The molecular weight excluding hydrogens is 248 g/mol. The molecule has 0 atom stereocenters. The lowest BCUT2D eigenvalue weighted by Crippen LogP contribution is -2.14. The first-order valence-corrected chi connectivity index (χ1v) is 6.75. The minimum absolute atomic E-state index is 0.111. The first-order chi connectivity index (χ1) is 9.83. The van der Waals surface area contributed by atoms with Gasteiger partial charge in [-0.05, 0) is 23.1 Å². The second kappa shape index (κ2) is 5.43. The van der Waals surface area contributed by atoms with Gasteiger partial charge in [0.25, 0.3) is 0 Å². The van der Waals surface area contributed by atoms with E-state index in [1.807, 2.05) is 48.5 Å². The molecule has 0 saturated heterocycles. The molecule has 0 spiro atoms. The van der Waals surface area contributed by atoms with E-state index in [0.29, 0.717) is 6.61 Å². The van der Waals surface area contributed by atoms with Crippen molar-refractivity contribution in [2.45, 2.75) is 6.42 Å². The zero-order chi connectivity index (χ0) is 13.9. The van der Waals surface area contributed by atoms with Gasteiger partial charge in [0.15, 0.2) is 5.78 Å². The second-order valence-corrected chi connectivity index (χ2v) is 4.82. The Morgan fingerprint density at radius 2 is 1.40 bits per heavy atom. The Hall–Kier alpha value is -2.19. The summed E-state index contributed by atoms with van der Waals surface area (Å²) in [4.78, 5) is 12.5. The van der Waals surface area contributed by atoms with Gasteiger partial charge < -0.3 is 4.74 Å². The first-order valence-electron chi connectivity index (χ1n) is 6.75. The maximum Gasteiger partial charge on any atom is 0.194 e. The van der Waals surface area contributed by atoms with Crippen LogP contribution in [0.2, 0.25) is 0 Å². The highest BCUT2D eigenvalue weighted by molar-refractivity contribution is 6.18. The van der Waals surface area contributed by atoms with Crippen molar-refractivity contribution in [1.82, 2.24) is 0 Å². The summed E-state index contributed by atoms with van der Waals surface area (Å²) in [7, 11) is 1.70. The third-order valence-electron chi connectivity index (χ3n) is 3.59. The van der Waals surface area contributed by atoms with Crippen LogP contribution in [0, 0.1) is 0 Å². The number of carbonyl (C=O) groups is 1. The molecule has 2 heteroatoms. The van der Waals surface area contributed by atoms with Crippen LogP contribution in [0.4, 0.5) is 0 Å². The largest absolute Gasteiger partial charge is 0.384 e. The summed E-state index contributed by atoms with van der Waals surface area (Å²) in [6.45, 7) is 0.682. The minimum atomic E-state index is 0.111. The second-order valence-electron chi connectivity index (χ2n) is 4.82. The van der Waals surface area contributed by atoms with E-state index in [1.165, 1.54) is 0 Å². The van der Waals surface area contributed by atoms with Crippen molar-refractivity contribution in [1.29, 1.82) is 0 Å². The fourth-order valence-corrected chi connectivity index (χ4v) is 2.66. The number of hydrogen-bond acceptors (Lipinski definition) is 2. The van der Waals surface area contributed by atoms with Gasteiger partial charge in [-0.25, -0.2) is 0 Å². The molecule has 0 aromatic heterocycles. The zero-order valence-electron chi connectivity index (χ0n) is 11.4. The number of fused-ring (bicyclic) bond motifs is 2. The van der Waals surface area contributed by atoms with Gasteiger partial charge in [0.2, 0.25) is 0 Å².